The number of pyridine rings is 1. The third-order valence-electron chi connectivity index (χ3n) is 2.81. The number of thioether (sulfide) groups is 1. The maximum atomic E-state index is 5.26. The first-order valence-electron chi connectivity index (χ1n) is 5.93. The van der Waals surface area contributed by atoms with Crippen LogP contribution in [0.2, 0.25) is 0 Å². The van der Waals surface area contributed by atoms with E-state index in [0.29, 0.717) is 0 Å². The van der Waals surface area contributed by atoms with E-state index in [4.69, 9.17) is 4.74 Å². The number of ether oxygens (including phenoxy) is 1. The van der Waals surface area contributed by atoms with E-state index in [9.17, 15) is 0 Å². The maximum absolute atomic E-state index is 5.26. The Morgan fingerprint density at radius 1 is 1.17 bits per heavy atom. The van der Waals surface area contributed by atoms with Crippen molar-refractivity contribution in [3.63, 3.8) is 0 Å². The summed E-state index contributed by atoms with van der Waals surface area (Å²) in [6, 6.07) is 10.6. The van der Waals surface area contributed by atoms with Crippen molar-refractivity contribution in [1.82, 2.24) is 0 Å². The Balaban J connectivity index is 0.00000162. The average molecular weight is 375 g/mol. The van der Waals surface area contributed by atoms with Crippen LogP contribution in [0.5, 0.6) is 5.75 Å². The van der Waals surface area contributed by atoms with Gasteiger partial charge in [0.15, 0.2) is 0 Å². The topological polar surface area (TPSA) is 13.1 Å². The summed E-state index contributed by atoms with van der Waals surface area (Å²) in [7, 11) is 1.70. The van der Waals surface area contributed by atoms with Gasteiger partial charge in [0.25, 0.3) is 0 Å². The maximum Gasteiger partial charge on any atom is 0.240 e. The molecule has 0 radical (unpaired) electrons. The quantitative estimate of drug-likeness (QED) is 0.433. The summed E-state index contributed by atoms with van der Waals surface area (Å²) in [6.45, 7) is 5.36. The fraction of sp³-hybridized carbons (Fsp3) is 0.357. The molecule has 2 nitrogen and oxygen atoms in total. The van der Waals surface area contributed by atoms with Gasteiger partial charge in [-0.1, -0.05) is 18.7 Å². The van der Waals surface area contributed by atoms with Crippen LogP contribution in [-0.2, 0) is 6.54 Å². The van der Waals surface area contributed by atoms with Crippen molar-refractivity contribution in [1.29, 1.82) is 0 Å². The molecular weight excluding hydrogens is 357 g/mol. The first-order valence-corrected chi connectivity index (χ1v) is 6.92. The van der Waals surface area contributed by atoms with Crippen LogP contribution in [0, 0.1) is 0 Å². The summed E-state index contributed by atoms with van der Waals surface area (Å²) in [5.74, 6) is 2.01. The zero-order valence-electron chi connectivity index (χ0n) is 10.9. The third kappa shape index (κ3) is 3.09. The number of fused-ring (bicyclic) bond motifs is 1. The van der Waals surface area contributed by atoms with Gasteiger partial charge in [0.1, 0.15) is 12.3 Å². The van der Waals surface area contributed by atoms with Crippen LogP contribution in [-0.4, -0.2) is 12.9 Å². The van der Waals surface area contributed by atoms with E-state index in [1.807, 2.05) is 17.8 Å². The summed E-state index contributed by atoms with van der Waals surface area (Å²) < 4.78 is 7.61. The predicted molar refractivity (Wildman–Crippen MR) is 72.8 cm³/mol. The highest BCUT2D eigenvalue weighted by Gasteiger charge is 2.14. The van der Waals surface area contributed by atoms with Gasteiger partial charge in [-0.15, -0.1) is 0 Å². The van der Waals surface area contributed by atoms with Gasteiger partial charge >= 0.3 is 0 Å². The Hall–Kier alpha value is -0.490. The SMILES string of the molecule is CCSc1ccc2cc(OC)ccc2[n+]1CC.[I-]. The number of aromatic nitrogens is 1. The fourth-order valence-electron chi connectivity index (χ4n) is 2.01. The Bertz CT molecular complexity index is 530. The molecule has 4 heteroatoms. The standard InChI is InChI=1S/C14H18NOS.HI/c1-4-15-13-8-7-12(16-3)10-11(13)6-9-14(15)17-5-2;/h6-10H,4-5H2,1-3H3;1H/q+1;/p-1. The third-order valence-corrected chi connectivity index (χ3v) is 3.75. The number of nitrogens with zero attached hydrogens (tertiary/aromatic N) is 1. The van der Waals surface area contributed by atoms with E-state index in [1.54, 1.807) is 7.11 Å². The smallest absolute Gasteiger partial charge is 0.240 e. The van der Waals surface area contributed by atoms with Crippen LogP contribution in [0.3, 0.4) is 0 Å². The lowest BCUT2D eigenvalue weighted by Gasteiger charge is -2.05. The number of hydrogen-bond donors (Lipinski definition) is 0. The van der Waals surface area contributed by atoms with E-state index in [-0.39, 0.29) is 24.0 Å². The summed E-state index contributed by atoms with van der Waals surface area (Å²) >= 11 is 1.88. The van der Waals surface area contributed by atoms with Crippen molar-refractivity contribution in [2.75, 3.05) is 12.9 Å². The van der Waals surface area contributed by atoms with E-state index in [0.717, 1.165) is 18.0 Å². The normalized spacial score (nSPS) is 10.2. The van der Waals surface area contributed by atoms with Crippen LogP contribution in [0.1, 0.15) is 13.8 Å². The molecule has 2 rings (SSSR count). The molecule has 0 saturated carbocycles. The molecule has 0 amide bonds. The monoisotopic (exact) mass is 375 g/mol. The molecule has 0 aliphatic heterocycles. The van der Waals surface area contributed by atoms with E-state index in [1.165, 1.54) is 15.9 Å². The largest absolute Gasteiger partial charge is 1.00 e. The average Bonchev–Trinajstić information content (AvgIpc) is 2.38. The minimum Gasteiger partial charge on any atom is -1.00 e. The Kier molecular flexibility index (Phi) is 6.21. The van der Waals surface area contributed by atoms with Crippen molar-refractivity contribution in [2.24, 2.45) is 0 Å². The van der Waals surface area contributed by atoms with Gasteiger partial charge < -0.3 is 28.7 Å². The second kappa shape index (κ2) is 7.19. The Morgan fingerprint density at radius 3 is 2.56 bits per heavy atom. The lowest BCUT2D eigenvalue weighted by molar-refractivity contribution is -0.704. The number of benzene rings is 1. The molecule has 0 unspecified atom stereocenters. The van der Waals surface area contributed by atoms with Crippen molar-refractivity contribution in [3.8, 4) is 5.75 Å². The van der Waals surface area contributed by atoms with E-state index in [2.05, 4.69) is 42.7 Å². The van der Waals surface area contributed by atoms with Gasteiger partial charge in [-0.25, -0.2) is 0 Å². The molecule has 0 aliphatic rings. The molecule has 1 aromatic carbocycles. The second-order valence-electron chi connectivity index (χ2n) is 3.77. The first-order chi connectivity index (χ1) is 8.30. The van der Waals surface area contributed by atoms with Gasteiger partial charge in [-0.3, -0.25) is 0 Å². The highest BCUT2D eigenvalue weighted by atomic mass is 127. The summed E-state index contributed by atoms with van der Waals surface area (Å²) in [5, 5.41) is 2.55. The number of rotatable bonds is 4. The fourth-order valence-corrected chi connectivity index (χ4v) is 2.85. The molecule has 1 heterocycles. The van der Waals surface area contributed by atoms with E-state index < -0.39 is 0 Å². The van der Waals surface area contributed by atoms with Gasteiger partial charge in [-0.2, -0.15) is 4.57 Å². The zero-order valence-corrected chi connectivity index (χ0v) is 13.9. The first kappa shape index (κ1) is 15.6. The highest BCUT2D eigenvalue weighted by molar-refractivity contribution is 7.99. The molecule has 0 saturated heterocycles. The van der Waals surface area contributed by atoms with Crippen LogP contribution in [0.15, 0.2) is 35.4 Å². The number of hydrogen-bond acceptors (Lipinski definition) is 2. The molecular formula is C14H18INOS. The molecule has 1 aromatic heterocycles. The molecule has 0 bridgehead atoms. The van der Waals surface area contributed by atoms with Gasteiger partial charge in [0, 0.05) is 17.9 Å². The van der Waals surface area contributed by atoms with Crippen LogP contribution in [0.4, 0.5) is 0 Å². The Labute approximate surface area is 130 Å². The Morgan fingerprint density at radius 2 is 1.94 bits per heavy atom. The summed E-state index contributed by atoms with van der Waals surface area (Å²) in [4.78, 5) is 0. The minimum absolute atomic E-state index is 0. The second-order valence-corrected chi connectivity index (χ2v) is 5.06. The molecule has 0 aliphatic carbocycles. The molecule has 2 aromatic rings. The van der Waals surface area contributed by atoms with Crippen LogP contribution >= 0.6 is 11.8 Å². The van der Waals surface area contributed by atoms with Crippen molar-refractivity contribution < 1.29 is 33.3 Å². The van der Waals surface area contributed by atoms with Gasteiger partial charge in [-0.05, 0) is 25.1 Å². The number of aryl methyl sites for hydroxylation is 1. The number of methoxy groups -OCH3 is 1. The zero-order chi connectivity index (χ0) is 12.3. The minimum atomic E-state index is 0. The molecule has 98 valence electrons. The molecule has 0 spiro atoms. The molecule has 0 N–H and O–H groups in total. The van der Waals surface area contributed by atoms with E-state index >= 15 is 0 Å². The van der Waals surface area contributed by atoms with Gasteiger partial charge in [0.2, 0.25) is 10.5 Å². The predicted octanol–water partition coefficient (Wildman–Crippen LogP) is 0.272. The highest BCUT2D eigenvalue weighted by Crippen LogP contribution is 2.22. The number of halogens is 1. The van der Waals surface area contributed by atoms with Gasteiger partial charge in [0.05, 0.1) is 12.5 Å². The van der Waals surface area contributed by atoms with Crippen molar-refractivity contribution in [3.05, 3.63) is 30.3 Å². The molecule has 18 heavy (non-hydrogen) atoms. The summed E-state index contributed by atoms with van der Waals surface area (Å²) in [6.07, 6.45) is 0. The molecule has 0 atom stereocenters. The molecule has 0 fully saturated rings. The lowest BCUT2D eigenvalue weighted by atomic mass is 10.2. The van der Waals surface area contributed by atoms with Crippen LogP contribution < -0.4 is 33.3 Å². The lowest BCUT2D eigenvalue weighted by Crippen LogP contribution is -3.00. The van der Waals surface area contributed by atoms with Crippen LogP contribution in [0.25, 0.3) is 10.9 Å². The summed E-state index contributed by atoms with van der Waals surface area (Å²) in [5.41, 5.74) is 1.27. The van der Waals surface area contributed by atoms with Crippen molar-refractivity contribution in [2.45, 2.75) is 25.4 Å². The van der Waals surface area contributed by atoms with Crippen molar-refractivity contribution >= 4 is 22.7 Å².